The van der Waals surface area contributed by atoms with E-state index in [0.29, 0.717) is 25.6 Å². The standard InChI is InChI=1S/C17H29N3O4S/c1-11(2)15-16-13(20(17(15)22)25(5,23)24)8-10-19(16)14(21)7-6-9-18-12(3)4/h6-7,11-13,15-16,18H,8-10H2,1-5H3/b7-6+/t13-,15+,16-/m0/s1. The Hall–Kier alpha value is -1.41. The van der Waals surface area contributed by atoms with Gasteiger partial charge in [0.2, 0.25) is 21.8 Å². The third-order valence-electron chi connectivity index (χ3n) is 4.85. The van der Waals surface area contributed by atoms with Gasteiger partial charge in [0.15, 0.2) is 0 Å². The molecule has 2 heterocycles. The molecule has 0 aromatic rings. The summed E-state index contributed by atoms with van der Waals surface area (Å²) in [4.78, 5) is 27.0. The summed E-state index contributed by atoms with van der Waals surface area (Å²) >= 11 is 0. The van der Waals surface area contributed by atoms with E-state index in [-0.39, 0.29) is 23.8 Å². The van der Waals surface area contributed by atoms with Crippen molar-refractivity contribution in [2.24, 2.45) is 11.8 Å². The molecule has 7 nitrogen and oxygen atoms in total. The van der Waals surface area contributed by atoms with Crippen LogP contribution in [0.2, 0.25) is 0 Å². The van der Waals surface area contributed by atoms with Crippen molar-refractivity contribution in [3.8, 4) is 0 Å². The molecule has 0 spiro atoms. The average Bonchev–Trinajstić information content (AvgIpc) is 2.97. The summed E-state index contributed by atoms with van der Waals surface area (Å²) in [7, 11) is -3.63. The maximum absolute atomic E-state index is 12.7. The molecule has 0 aromatic carbocycles. The van der Waals surface area contributed by atoms with Crippen LogP contribution in [-0.2, 0) is 19.6 Å². The van der Waals surface area contributed by atoms with Crippen LogP contribution < -0.4 is 5.32 Å². The minimum Gasteiger partial charge on any atom is -0.333 e. The Morgan fingerprint density at radius 3 is 2.48 bits per heavy atom. The molecule has 25 heavy (non-hydrogen) atoms. The lowest BCUT2D eigenvalue weighted by atomic mass is 9.88. The van der Waals surface area contributed by atoms with Gasteiger partial charge in [0.1, 0.15) is 0 Å². The van der Waals surface area contributed by atoms with Crippen molar-refractivity contribution < 1.29 is 18.0 Å². The molecule has 1 N–H and O–H groups in total. The molecule has 2 saturated heterocycles. The molecule has 0 bridgehead atoms. The van der Waals surface area contributed by atoms with Crippen molar-refractivity contribution in [1.82, 2.24) is 14.5 Å². The molecule has 3 atom stereocenters. The van der Waals surface area contributed by atoms with Gasteiger partial charge in [-0.3, -0.25) is 9.59 Å². The molecular weight excluding hydrogens is 342 g/mol. The van der Waals surface area contributed by atoms with E-state index in [2.05, 4.69) is 5.32 Å². The SMILES string of the molecule is CC(C)NC/C=C/C(=O)N1CC[C@H]2[C@H]1[C@@H](C(C)C)C(=O)N2S(C)(=O)=O. The van der Waals surface area contributed by atoms with E-state index in [1.54, 1.807) is 11.0 Å². The number of fused-ring (bicyclic) bond motifs is 1. The third kappa shape index (κ3) is 4.06. The van der Waals surface area contributed by atoms with E-state index in [1.807, 2.05) is 27.7 Å². The zero-order valence-electron chi connectivity index (χ0n) is 15.6. The predicted molar refractivity (Wildman–Crippen MR) is 96.2 cm³/mol. The quantitative estimate of drug-likeness (QED) is 0.691. The zero-order chi connectivity index (χ0) is 18.9. The maximum atomic E-state index is 12.7. The first-order valence-corrected chi connectivity index (χ1v) is 10.6. The van der Waals surface area contributed by atoms with E-state index in [9.17, 15) is 18.0 Å². The lowest BCUT2D eigenvalue weighted by Crippen LogP contribution is -2.43. The molecule has 2 fully saturated rings. The molecule has 2 aliphatic rings. The summed E-state index contributed by atoms with van der Waals surface area (Å²) < 4.78 is 25.2. The monoisotopic (exact) mass is 371 g/mol. The Morgan fingerprint density at radius 2 is 1.96 bits per heavy atom. The molecule has 0 aliphatic carbocycles. The number of sulfonamides is 1. The van der Waals surface area contributed by atoms with Crippen LogP contribution in [-0.4, -0.2) is 66.9 Å². The lowest BCUT2D eigenvalue weighted by molar-refractivity contribution is -0.131. The highest BCUT2D eigenvalue weighted by Crippen LogP contribution is 2.41. The summed E-state index contributed by atoms with van der Waals surface area (Å²) in [5.74, 6) is -1.05. The molecule has 0 aromatic heterocycles. The van der Waals surface area contributed by atoms with Gasteiger partial charge in [-0.05, 0) is 12.3 Å². The number of hydrogen-bond acceptors (Lipinski definition) is 5. The molecule has 8 heteroatoms. The largest absolute Gasteiger partial charge is 0.333 e. The summed E-state index contributed by atoms with van der Waals surface area (Å²) in [5, 5.41) is 3.20. The molecule has 2 amide bonds. The van der Waals surface area contributed by atoms with Crippen LogP contribution in [0.1, 0.15) is 34.1 Å². The smallest absolute Gasteiger partial charge is 0.246 e. The summed E-state index contributed by atoms with van der Waals surface area (Å²) in [5.41, 5.74) is 0. The molecule has 0 unspecified atom stereocenters. The van der Waals surface area contributed by atoms with Gasteiger partial charge in [0, 0.05) is 25.2 Å². The molecule has 0 radical (unpaired) electrons. The number of likely N-dealkylation sites (tertiary alicyclic amines) is 1. The maximum Gasteiger partial charge on any atom is 0.246 e. The zero-order valence-corrected chi connectivity index (χ0v) is 16.4. The minimum atomic E-state index is -3.63. The van der Waals surface area contributed by atoms with Crippen LogP contribution in [0.3, 0.4) is 0 Å². The highest BCUT2D eigenvalue weighted by Gasteiger charge is 2.58. The molecule has 0 saturated carbocycles. The Morgan fingerprint density at radius 1 is 1.32 bits per heavy atom. The number of carbonyl (C=O) groups excluding carboxylic acids is 2. The molecular formula is C17H29N3O4S. The van der Waals surface area contributed by atoms with Gasteiger partial charge < -0.3 is 10.2 Å². The third-order valence-corrected chi connectivity index (χ3v) is 6.02. The molecule has 142 valence electrons. The first-order chi connectivity index (χ1) is 11.6. The van der Waals surface area contributed by atoms with E-state index >= 15 is 0 Å². The van der Waals surface area contributed by atoms with Crippen molar-refractivity contribution in [1.29, 1.82) is 0 Å². The molecule has 2 aliphatic heterocycles. The molecule has 2 rings (SSSR count). The average molecular weight is 372 g/mol. The lowest BCUT2D eigenvalue weighted by Gasteiger charge is -2.28. The van der Waals surface area contributed by atoms with Crippen LogP contribution in [0, 0.1) is 11.8 Å². The number of amides is 2. The Kier molecular flexibility index (Phi) is 5.93. The first kappa shape index (κ1) is 19.9. The van der Waals surface area contributed by atoms with Crippen molar-refractivity contribution in [3.05, 3.63) is 12.2 Å². The topological polar surface area (TPSA) is 86.8 Å². The second kappa shape index (κ2) is 7.45. The van der Waals surface area contributed by atoms with E-state index in [1.165, 1.54) is 6.08 Å². The Balaban J connectivity index is 2.21. The number of rotatable bonds is 6. The minimum absolute atomic E-state index is 0.0354. The highest BCUT2D eigenvalue weighted by molar-refractivity contribution is 7.88. The van der Waals surface area contributed by atoms with Crippen LogP contribution in [0.4, 0.5) is 0 Å². The second-order valence-corrected chi connectivity index (χ2v) is 9.37. The van der Waals surface area contributed by atoms with Gasteiger partial charge in [0.05, 0.1) is 24.3 Å². The van der Waals surface area contributed by atoms with E-state index in [0.717, 1.165) is 10.6 Å². The van der Waals surface area contributed by atoms with Gasteiger partial charge in [-0.25, -0.2) is 12.7 Å². The fourth-order valence-electron chi connectivity index (χ4n) is 3.85. The number of hydrogen-bond donors (Lipinski definition) is 1. The Bertz CT molecular complexity index is 657. The van der Waals surface area contributed by atoms with Crippen LogP contribution in [0.15, 0.2) is 12.2 Å². The number of nitrogens with zero attached hydrogens (tertiary/aromatic N) is 2. The summed E-state index contributed by atoms with van der Waals surface area (Å²) in [6.45, 7) is 8.91. The van der Waals surface area contributed by atoms with Gasteiger partial charge in [-0.2, -0.15) is 0 Å². The van der Waals surface area contributed by atoms with Crippen molar-refractivity contribution >= 4 is 21.8 Å². The van der Waals surface area contributed by atoms with Gasteiger partial charge >= 0.3 is 0 Å². The fourth-order valence-corrected chi connectivity index (χ4v) is 5.02. The van der Waals surface area contributed by atoms with Crippen LogP contribution in [0.25, 0.3) is 0 Å². The number of carbonyl (C=O) groups is 2. The fraction of sp³-hybridized carbons (Fsp3) is 0.765. The normalized spacial score (nSPS) is 27.2. The number of nitrogens with one attached hydrogen (secondary N) is 1. The Labute approximate surface area is 150 Å². The van der Waals surface area contributed by atoms with E-state index < -0.39 is 22.0 Å². The van der Waals surface area contributed by atoms with Gasteiger partial charge in [-0.15, -0.1) is 0 Å². The first-order valence-electron chi connectivity index (χ1n) is 8.79. The second-order valence-electron chi connectivity index (χ2n) is 7.51. The van der Waals surface area contributed by atoms with Crippen LogP contribution in [0.5, 0.6) is 0 Å². The van der Waals surface area contributed by atoms with Crippen molar-refractivity contribution in [2.75, 3.05) is 19.3 Å². The summed E-state index contributed by atoms with van der Waals surface area (Å²) in [6, 6.07) is -0.490. The van der Waals surface area contributed by atoms with Crippen LogP contribution >= 0.6 is 0 Å². The van der Waals surface area contributed by atoms with E-state index in [4.69, 9.17) is 0 Å². The van der Waals surface area contributed by atoms with Gasteiger partial charge in [0.25, 0.3) is 0 Å². The van der Waals surface area contributed by atoms with Gasteiger partial charge in [-0.1, -0.05) is 33.8 Å². The predicted octanol–water partition coefficient (Wildman–Crippen LogP) is 0.584. The van der Waals surface area contributed by atoms with Crippen molar-refractivity contribution in [2.45, 2.75) is 52.2 Å². The summed E-state index contributed by atoms with van der Waals surface area (Å²) in [6.07, 6.45) is 4.84. The van der Waals surface area contributed by atoms with Crippen molar-refractivity contribution in [3.63, 3.8) is 0 Å². The highest BCUT2D eigenvalue weighted by atomic mass is 32.2.